The molecule has 0 radical (unpaired) electrons. The molecule has 0 bridgehead atoms. The molecule has 1 saturated carbocycles. The molecule has 0 aromatic carbocycles. The Morgan fingerprint density at radius 1 is 1.40 bits per heavy atom. The number of nitrogens with zero attached hydrogens (tertiary/aromatic N) is 1. The zero-order valence-corrected chi connectivity index (χ0v) is 11.8. The van der Waals surface area contributed by atoms with E-state index in [1.54, 1.807) is 6.07 Å². The van der Waals surface area contributed by atoms with E-state index in [2.05, 4.69) is 15.6 Å². The van der Waals surface area contributed by atoms with Crippen LogP contribution in [0.15, 0.2) is 12.1 Å². The number of anilines is 3. The van der Waals surface area contributed by atoms with Crippen LogP contribution >= 0.6 is 0 Å². The van der Waals surface area contributed by atoms with E-state index < -0.39 is 0 Å². The van der Waals surface area contributed by atoms with Gasteiger partial charge in [-0.2, -0.15) is 0 Å². The fourth-order valence-electron chi connectivity index (χ4n) is 2.43. The van der Waals surface area contributed by atoms with Crippen molar-refractivity contribution in [1.29, 1.82) is 0 Å². The molecule has 1 heterocycles. The van der Waals surface area contributed by atoms with Gasteiger partial charge < -0.3 is 21.1 Å². The van der Waals surface area contributed by atoms with Crippen LogP contribution in [0.2, 0.25) is 0 Å². The first-order chi connectivity index (χ1) is 9.69. The quantitative estimate of drug-likeness (QED) is 0.766. The van der Waals surface area contributed by atoms with Crippen molar-refractivity contribution in [2.75, 3.05) is 30.1 Å². The molecule has 2 rings (SSSR count). The number of ether oxygens (including phenoxy) is 1. The molecule has 0 saturated heterocycles. The summed E-state index contributed by atoms with van der Waals surface area (Å²) in [6, 6.07) is 4.08. The summed E-state index contributed by atoms with van der Waals surface area (Å²) < 4.78 is 4.75. The maximum atomic E-state index is 11.4. The Morgan fingerprint density at radius 3 is 2.80 bits per heavy atom. The molecule has 6 heteroatoms. The van der Waals surface area contributed by atoms with E-state index >= 15 is 0 Å². The van der Waals surface area contributed by atoms with E-state index in [1.807, 2.05) is 6.07 Å². The number of nitrogens with two attached hydrogens (primary N) is 1. The van der Waals surface area contributed by atoms with Crippen molar-refractivity contribution in [3.05, 3.63) is 12.1 Å². The van der Waals surface area contributed by atoms with Crippen molar-refractivity contribution in [2.45, 2.75) is 38.1 Å². The van der Waals surface area contributed by atoms with Crippen molar-refractivity contribution < 1.29 is 9.53 Å². The second kappa shape index (κ2) is 7.09. The fraction of sp³-hybridized carbons (Fsp3) is 0.571. The zero-order chi connectivity index (χ0) is 14.4. The lowest BCUT2D eigenvalue weighted by molar-refractivity contribution is -0.119. The number of carbonyl (C=O) groups is 1. The molecule has 6 nitrogen and oxygen atoms in total. The average Bonchev–Trinajstić information content (AvgIpc) is 2.43. The Hall–Kier alpha value is -1.82. The second-order valence-corrected chi connectivity index (χ2v) is 5.09. The molecule has 110 valence electrons. The largest absolute Gasteiger partial charge is 0.382 e. The lowest BCUT2D eigenvalue weighted by Gasteiger charge is -2.23. The van der Waals surface area contributed by atoms with E-state index in [0.29, 0.717) is 17.5 Å². The molecule has 0 unspecified atom stereocenters. The Bertz CT molecular complexity index is 458. The van der Waals surface area contributed by atoms with Crippen molar-refractivity contribution in [3.8, 4) is 0 Å². The van der Waals surface area contributed by atoms with Crippen LogP contribution in [0, 0.1) is 0 Å². The third-order valence-electron chi connectivity index (χ3n) is 3.43. The third-order valence-corrected chi connectivity index (χ3v) is 3.43. The van der Waals surface area contributed by atoms with Crippen LogP contribution < -0.4 is 16.4 Å². The number of carbonyl (C=O) groups excluding carboxylic acids is 1. The zero-order valence-electron chi connectivity index (χ0n) is 11.8. The summed E-state index contributed by atoms with van der Waals surface area (Å²) in [6.45, 7) is 0.00150. The number of pyridine rings is 1. The van der Waals surface area contributed by atoms with Gasteiger partial charge in [-0.15, -0.1) is 0 Å². The molecule has 1 aliphatic rings. The van der Waals surface area contributed by atoms with Crippen LogP contribution in [0.1, 0.15) is 32.1 Å². The molecule has 1 aliphatic carbocycles. The number of nitrogens with one attached hydrogen (secondary N) is 2. The van der Waals surface area contributed by atoms with E-state index in [4.69, 9.17) is 10.5 Å². The maximum Gasteiger partial charge on any atom is 0.250 e. The summed E-state index contributed by atoms with van der Waals surface area (Å²) in [7, 11) is 1.47. The minimum absolute atomic E-state index is 0.00150. The highest BCUT2D eigenvalue weighted by atomic mass is 16.5. The van der Waals surface area contributed by atoms with E-state index in [9.17, 15) is 4.79 Å². The number of hydrogen-bond donors (Lipinski definition) is 3. The molecular formula is C14H22N4O2. The maximum absolute atomic E-state index is 11.4. The average molecular weight is 278 g/mol. The molecule has 20 heavy (non-hydrogen) atoms. The molecule has 4 N–H and O–H groups in total. The van der Waals surface area contributed by atoms with Crippen molar-refractivity contribution in [1.82, 2.24) is 4.98 Å². The van der Waals surface area contributed by atoms with Crippen LogP contribution in [0.4, 0.5) is 17.3 Å². The Balaban J connectivity index is 1.96. The number of methoxy groups -OCH3 is 1. The molecular weight excluding hydrogens is 256 g/mol. The first-order valence-electron chi connectivity index (χ1n) is 7.01. The summed E-state index contributed by atoms with van der Waals surface area (Å²) in [5.74, 6) is 0.836. The highest BCUT2D eigenvalue weighted by molar-refractivity contribution is 5.94. The molecule has 0 aliphatic heterocycles. The van der Waals surface area contributed by atoms with Crippen LogP contribution in [-0.2, 0) is 9.53 Å². The third kappa shape index (κ3) is 4.09. The monoisotopic (exact) mass is 278 g/mol. The summed E-state index contributed by atoms with van der Waals surface area (Å²) in [5, 5.41) is 6.06. The summed E-state index contributed by atoms with van der Waals surface area (Å²) in [6.07, 6.45) is 6.19. The number of rotatable bonds is 5. The van der Waals surface area contributed by atoms with Crippen LogP contribution in [-0.4, -0.2) is 30.6 Å². The van der Waals surface area contributed by atoms with E-state index in [1.165, 1.54) is 39.2 Å². The van der Waals surface area contributed by atoms with Crippen LogP contribution in [0.25, 0.3) is 0 Å². The SMILES string of the molecule is COCC(=O)Nc1ccc(NC2CCCCC2)nc1N. The second-order valence-electron chi connectivity index (χ2n) is 5.09. The van der Waals surface area contributed by atoms with Crippen molar-refractivity contribution >= 4 is 23.2 Å². The van der Waals surface area contributed by atoms with E-state index in [-0.39, 0.29) is 12.5 Å². The van der Waals surface area contributed by atoms with Crippen molar-refractivity contribution in [2.24, 2.45) is 0 Å². The van der Waals surface area contributed by atoms with Crippen LogP contribution in [0.5, 0.6) is 0 Å². The van der Waals surface area contributed by atoms with Gasteiger partial charge in [0.15, 0.2) is 0 Å². The predicted molar refractivity (Wildman–Crippen MR) is 79.7 cm³/mol. The first kappa shape index (κ1) is 14.6. The molecule has 1 amide bonds. The van der Waals surface area contributed by atoms with Gasteiger partial charge in [0.1, 0.15) is 18.2 Å². The predicted octanol–water partition coefficient (Wildman–Crippen LogP) is 1.99. The smallest absolute Gasteiger partial charge is 0.250 e. The van der Waals surface area contributed by atoms with Gasteiger partial charge in [-0.1, -0.05) is 19.3 Å². The van der Waals surface area contributed by atoms with E-state index in [0.717, 1.165) is 5.82 Å². The number of hydrogen-bond acceptors (Lipinski definition) is 5. The summed E-state index contributed by atoms with van der Waals surface area (Å²) in [5.41, 5.74) is 6.38. The van der Waals surface area contributed by atoms with Gasteiger partial charge in [-0.25, -0.2) is 4.98 Å². The number of nitrogen functional groups attached to an aromatic ring is 1. The standard InChI is InChI=1S/C14H22N4O2/c1-20-9-13(19)17-11-7-8-12(18-14(11)15)16-10-5-3-2-4-6-10/h7-8,10H,2-6,9H2,1H3,(H,17,19)(H3,15,16,18). The minimum Gasteiger partial charge on any atom is -0.382 e. The number of aromatic nitrogens is 1. The molecule has 0 atom stereocenters. The van der Waals surface area contributed by atoms with Gasteiger partial charge in [0, 0.05) is 13.2 Å². The van der Waals surface area contributed by atoms with Gasteiger partial charge in [0.05, 0.1) is 5.69 Å². The molecule has 1 aromatic heterocycles. The van der Waals surface area contributed by atoms with Crippen LogP contribution in [0.3, 0.4) is 0 Å². The Kier molecular flexibility index (Phi) is 5.17. The van der Waals surface area contributed by atoms with Gasteiger partial charge in [-0.05, 0) is 25.0 Å². The summed E-state index contributed by atoms with van der Waals surface area (Å²) >= 11 is 0. The van der Waals surface area contributed by atoms with Gasteiger partial charge >= 0.3 is 0 Å². The highest BCUT2D eigenvalue weighted by Gasteiger charge is 2.14. The fourth-order valence-corrected chi connectivity index (χ4v) is 2.43. The molecule has 1 fully saturated rings. The highest BCUT2D eigenvalue weighted by Crippen LogP contribution is 2.23. The Labute approximate surface area is 119 Å². The normalized spacial score (nSPS) is 15.8. The lowest BCUT2D eigenvalue weighted by atomic mass is 9.95. The number of amides is 1. The first-order valence-corrected chi connectivity index (χ1v) is 7.01. The minimum atomic E-state index is -0.242. The van der Waals surface area contributed by atoms with Crippen molar-refractivity contribution in [3.63, 3.8) is 0 Å². The topological polar surface area (TPSA) is 89.3 Å². The molecule has 0 spiro atoms. The Morgan fingerprint density at radius 2 is 2.15 bits per heavy atom. The lowest BCUT2D eigenvalue weighted by Crippen LogP contribution is -2.23. The molecule has 1 aromatic rings. The van der Waals surface area contributed by atoms with Gasteiger partial charge in [0.2, 0.25) is 5.91 Å². The summed E-state index contributed by atoms with van der Waals surface area (Å²) in [4.78, 5) is 15.7. The van der Waals surface area contributed by atoms with Gasteiger partial charge in [0.25, 0.3) is 0 Å². The van der Waals surface area contributed by atoms with Gasteiger partial charge in [-0.3, -0.25) is 4.79 Å².